The molecule has 0 aliphatic carbocycles. The molecule has 2 N–H and O–H groups in total. The van der Waals surface area contributed by atoms with Crippen molar-refractivity contribution in [2.45, 2.75) is 11.3 Å². The summed E-state index contributed by atoms with van der Waals surface area (Å²) in [5, 5.41) is 3.93. The number of nitrogens with one attached hydrogen (secondary N) is 2. The Bertz CT molecular complexity index is 1510. The molecule has 0 saturated heterocycles. The third-order valence-electron chi connectivity index (χ3n) is 4.97. The molecule has 182 valence electrons. The summed E-state index contributed by atoms with van der Waals surface area (Å²) < 4.78 is 28.0. The van der Waals surface area contributed by atoms with Crippen LogP contribution in [0.3, 0.4) is 0 Å². The van der Waals surface area contributed by atoms with Crippen LogP contribution in [0.25, 0.3) is 12.2 Å². The number of halogens is 2. The molecular weight excluding hydrogens is 519 g/mol. The predicted octanol–water partition coefficient (Wildman–Crippen LogP) is 5.94. The molecule has 1 heterocycles. The van der Waals surface area contributed by atoms with Gasteiger partial charge in [0.15, 0.2) is 0 Å². The highest BCUT2D eigenvalue weighted by atomic mass is 35.5. The maximum Gasteiger partial charge on any atom is 0.264 e. The molecule has 0 aliphatic heterocycles. The van der Waals surface area contributed by atoms with E-state index in [0.717, 1.165) is 11.1 Å². The fourth-order valence-electron chi connectivity index (χ4n) is 3.19. The summed E-state index contributed by atoms with van der Waals surface area (Å²) in [7, 11) is -3.95. The number of nitrogens with zero attached hydrogens (tertiary/aromatic N) is 2. The molecule has 4 aromatic rings. The standard InChI is InChI=1S/C26H20Cl2N4O3S/c27-20-8-5-18(6-9-20)17-25(33)30-21-11-13-23(14-12-21)36(34,35)32-26-29-16-15-22(31-26)10-7-19-3-1-2-4-24(19)28/h1-16H,17H2,(H,30,33)(H,29,31,32)/b10-7+. The van der Waals surface area contributed by atoms with Gasteiger partial charge in [-0.1, -0.05) is 59.6 Å². The highest BCUT2D eigenvalue weighted by Crippen LogP contribution is 2.19. The van der Waals surface area contributed by atoms with Crippen LogP contribution in [0.5, 0.6) is 0 Å². The molecule has 7 nitrogen and oxygen atoms in total. The van der Waals surface area contributed by atoms with Gasteiger partial charge in [-0.15, -0.1) is 0 Å². The van der Waals surface area contributed by atoms with E-state index < -0.39 is 10.0 Å². The van der Waals surface area contributed by atoms with Gasteiger partial charge in [0.2, 0.25) is 11.9 Å². The van der Waals surface area contributed by atoms with Crippen LogP contribution in [0.1, 0.15) is 16.8 Å². The Morgan fingerprint density at radius 3 is 2.33 bits per heavy atom. The summed E-state index contributed by atoms with van der Waals surface area (Å²) in [6, 6.07) is 21.7. The molecule has 0 fully saturated rings. The number of benzene rings is 3. The fourth-order valence-corrected chi connectivity index (χ4v) is 4.47. The van der Waals surface area contributed by atoms with Gasteiger partial charge in [-0.25, -0.2) is 23.1 Å². The minimum Gasteiger partial charge on any atom is -0.326 e. The number of amides is 1. The van der Waals surface area contributed by atoms with Crippen molar-refractivity contribution < 1.29 is 13.2 Å². The summed E-state index contributed by atoms with van der Waals surface area (Å²) in [6.45, 7) is 0. The number of aromatic nitrogens is 2. The van der Waals surface area contributed by atoms with E-state index >= 15 is 0 Å². The van der Waals surface area contributed by atoms with Crippen molar-refractivity contribution in [3.05, 3.63) is 112 Å². The number of sulfonamides is 1. The van der Waals surface area contributed by atoms with Gasteiger partial charge in [0.25, 0.3) is 10.0 Å². The summed E-state index contributed by atoms with van der Waals surface area (Å²) in [5.41, 5.74) is 2.58. The first kappa shape index (κ1) is 25.4. The van der Waals surface area contributed by atoms with E-state index in [1.165, 1.54) is 30.5 Å². The smallest absolute Gasteiger partial charge is 0.264 e. The maximum absolute atomic E-state index is 12.8. The van der Waals surface area contributed by atoms with Gasteiger partial charge in [-0.2, -0.15) is 0 Å². The normalized spacial score (nSPS) is 11.4. The lowest BCUT2D eigenvalue weighted by Crippen LogP contribution is -2.16. The zero-order valence-corrected chi connectivity index (χ0v) is 21.1. The van der Waals surface area contributed by atoms with E-state index in [4.69, 9.17) is 23.2 Å². The third-order valence-corrected chi connectivity index (χ3v) is 6.91. The molecule has 0 unspecified atom stereocenters. The van der Waals surface area contributed by atoms with E-state index in [1.54, 1.807) is 48.6 Å². The number of carbonyl (C=O) groups is 1. The molecule has 0 spiro atoms. The highest BCUT2D eigenvalue weighted by Gasteiger charge is 2.16. The molecule has 0 atom stereocenters. The van der Waals surface area contributed by atoms with Crippen LogP contribution in [0.2, 0.25) is 10.0 Å². The number of anilines is 2. The summed E-state index contributed by atoms with van der Waals surface area (Å²) >= 11 is 12.0. The fraction of sp³-hybridized carbons (Fsp3) is 0.0385. The molecule has 36 heavy (non-hydrogen) atoms. The van der Waals surface area contributed by atoms with Crippen molar-refractivity contribution in [3.63, 3.8) is 0 Å². The molecule has 0 aliphatic rings. The van der Waals surface area contributed by atoms with Crippen LogP contribution < -0.4 is 10.0 Å². The zero-order chi connectivity index (χ0) is 25.5. The lowest BCUT2D eigenvalue weighted by Gasteiger charge is -2.09. The average molecular weight is 539 g/mol. The van der Waals surface area contributed by atoms with E-state index in [9.17, 15) is 13.2 Å². The summed E-state index contributed by atoms with van der Waals surface area (Å²) in [5.74, 6) is -0.308. The second kappa shape index (κ2) is 11.3. The average Bonchev–Trinajstić information content (AvgIpc) is 2.85. The van der Waals surface area contributed by atoms with Crippen molar-refractivity contribution in [1.82, 2.24) is 9.97 Å². The van der Waals surface area contributed by atoms with Crippen molar-refractivity contribution >= 4 is 62.9 Å². The van der Waals surface area contributed by atoms with Crippen molar-refractivity contribution in [3.8, 4) is 0 Å². The minimum absolute atomic E-state index is 0.00110. The van der Waals surface area contributed by atoms with Crippen LogP contribution >= 0.6 is 23.2 Å². The topological polar surface area (TPSA) is 101 Å². The molecule has 0 bridgehead atoms. The van der Waals surface area contributed by atoms with Gasteiger partial charge in [0.05, 0.1) is 17.0 Å². The lowest BCUT2D eigenvalue weighted by molar-refractivity contribution is -0.115. The van der Waals surface area contributed by atoms with E-state index in [2.05, 4.69) is 20.0 Å². The quantitative estimate of drug-likeness (QED) is 0.289. The Labute approximate surface area is 218 Å². The minimum atomic E-state index is -3.95. The van der Waals surface area contributed by atoms with Gasteiger partial charge in [-0.05, 0) is 65.7 Å². The number of carbonyl (C=O) groups excluding carboxylic acids is 1. The van der Waals surface area contributed by atoms with Crippen LogP contribution in [0, 0.1) is 0 Å². The summed E-state index contributed by atoms with van der Waals surface area (Å²) in [4.78, 5) is 20.5. The largest absolute Gasteiger partial charge is 0.326 e. The number of rotatable bonds is 8. The van der Waals surface area contributed by atoms with Crippen LogP contribution in [-0.4, -0.2) is 24.3 Å². The van der Waals surface area contributed by atoms with E-state index in [1.807, 2.05) is 18.2 Å². The Morgan fingerprint density at radius 2 is 1.61 bits per heavy atom. The molecule has 0 saturated carbocycles. The molecule has 0 radical (unpaired) electrons. The van der Waals surface area contributed by atoms with Gasteiger partial charge in [-0.3, -0.25) is 4.79 Å². The van der Waals surface area contributed by atoms with Crippen LogP contribution in [-0.2, 0) is 21.2 Å². The van der Waals surface area contributed by atoms with Crippen molar-refractivity contribution in [1.29, 1.82) is 0 Å². The number of hydrogen-bond acceptors (Lipinski definition) is 5. The van der Waals surface area contributed by atoms with Gasteiger partial charge in [0.1, 0.15) is 0 Å². The van der Waals surface area contributed by atoms with Crippen molar-refractivity contribution in [2.24, 2.45) is 0 Å². The lowest BCUT2D eigenvalue weighted by atomic mass is 10.1. The predicted molar refractivity (Wildman–Crippen MR) is 143 cm³/mol. The first-order chi connectivity index (χ1) is 17.3. The molecule has 3 aromatic carbocycles. The van der Waals surface area contributed by atoms with Gasteiger partial charge < -0.3 is 5.32 Å². The Hall–Kier alpha value is -3.72. The maximum atomic E-state index is 12.8. The Kier molecular flexibility index (Phi) is 8.00. The van der Waals surface area contributed by atoms with Gasteiger partial charge >= 0.3 is 0 Å². The van der Waals surface area contributed by atoms with Crippen LogP contribution in [0.15, 0.2) is 90.0 Å². The third kappa shape index (κ3) is 6.91. The zero-order valence-electron chi connectivity index (χ0n) is 18.7. The summed E-state index contributed by atoms with van der Waals surface area (Å²) in [6.07, 6.45) is 5.11. The van der Waals surface area contributed by atoms with Crippen LogP contribution in [0.4, 0.5) is 11.6 Å². The SMILES string of the molecule is O=C(Cc1ccc(Cl)cc1)Nc1ccc(S(=O)(=O)Nc2nccc(/C=C/c3ccccc3Cl)n2)cc1. The second-order valence-electron chi connectivity index (χ2n) is 7.64. The highest BCUT2D eigenvalue weighted by molar-refractivity contribution is 7.92. The van der Waals surface area contributed by atoms with Crippen molar-refractivity contribution in [2.75, 3.05) is 10.0 Å². The van der Waals surface area contributed by atoms with E-state index in [-0.39, 0.29) is 23.2 Å². The first-order valence-electron chi connectivity index (χ1n) is 10.7. The Morgan fingerprint density at radius 1 is 0.889 bits per heavy atom. The van der Waals surface area contributed by atoms with Gasteiger partial charge in [0, 0.05) is 21.9 Å². The second-order valence-corrected chi connectivity index (χ2v) is 10.2. The Balaban J connectivity index is 1.40. The molecule has 1 aromatic heterocycles. The monoisotopic (exact) mass is 538 g/mol. The molecule has 4 rings (SSSR count). The molecular formula is C26H20Cl2N4O3S. The molecule has 10 heteroatoms. The molecule has 1 amide bonds. The van der Waals surface area contributed by atoms with E-state index in [0.29, 0.717) is 21.4 Å². The number of hydrogen-bond donors (Lipinski definition) is 2. The first-order valence-corrected chi connectivity index (χ1v) is 13.0.